The molecule has 3 N–H and O–H groups in total. The number of carbonyl (C=O) groups is 1. The van der Waals surface area contributed by atoms with Crippen molar-refractivity contribution in [3.05, 3.63) is 0 Å². The van der Waals surface area contributed by atoms with Crippen LogP contribution in [0.3, 0.4) is 0 Å². The van der Waals surface area contributed by atoms with Crippen LogP contribution in [0, 0.1) is 0 Å². The predicted octanol–water partition coefficient (Wildman–Crippen LogP) is -0.848. The van der Waals surface area contributed by atoms with Gasteiger partial charge in [0.15, 0.2) is 0 Å². The molecule has 0 unspecified atom stereocenters. The van der Waals surface area contributed by atoms with E-state index in [2.05, 4.69) is 16.4 Å². The van der Waals surface area contributed by atoms with Gasteiger partial charge in [-0.15, -0.1) is 0 Å². The minimum Gasteiger partial charge on any atom is -0.281 e. The van der Waals surface area contributed by atoms with Crippen molar-refractivity contribution in [2.75, 3.05) is 6.54 Å². The molecule has 0 aromatic rings. The molecule has 0 saturated heterocycles. The molecule has 0 spiro atoms. The van der Waals surface area contributed by atoms with Crippen molar-refractivity contribution in [3.63, 3.8) is 0 Å². The predicted molar refractivity (Wildman–Crippen MR) is 30.6 cm³/mol. The highest BCUT2D eigenvalue weighted by atomic mass is 16.1. The molecule has 0 atom stereocenters. The molecule has 0 radical (unpaired) electrons. The molecule has 0 aliphatic carbocycles. The van der Waals surface area contributed by atoms with E-state index >= 15 is 0 Å². The molecule has 0 rings (SSSR count). The maximum atomic E-state index is 9.55. The second kappa shape index (κ2) is 6.39. The van der Waals surface area contributed by atoms with E-state index in [0.29, 0.717) is 6.41 Å². The molecule has 48 valence electrons. The third kappa shape index (κ3) is 5.39. The van der Waals surface area contributed by atoms with Gasteiger partial charge in [-0.3, -0.25) is 10.2 Å². The maximum Gasteiger partial charge on any atom is 0.222 e. The molecule has 0 bridgehead atoms. The molecular formula is C4H11N3O. The van der Waals surface area contributed by atoms with E-state index in [-0.39, 0.29) is 0 Å². The van der Waals surface area contributed by atoms with Crippen LogP contribution >= 0.6 is 0 Å². The molecular weight excluding hydrogens is 106 g/mol. The lowest BCUT2D eigenvalue weighted by molar-refractivity contribution is -0.110. The van der Waals surface area contributed by atoms with Gasteiger partial charge in [0.25, 0.3) is 0 Å². The first kappa shape index (κ1) is 7.39. The Bertz CT molecular complexity index is 57.2. The summed E-state index contributed by atoms with van der Waals surface area (Å²) in [6.07, 6.45) is 1.61. The third-order valence-corrected chi connectivity index (χ3v) is 0.594. The summed E-state index contributed by atoms with van der Waals surface area (Å²) in [4.78, 5) is 9.55. The fourth-order valence-electron chi connectivity index (χ4n) is 0.268. The van der Waals surface area contributed by atoms with Crippen molar-refractivity contribution in [3.8, 4) is 0 Å². The van der Waals surface area contributed by atoms with Gasteiger partial charge in [-0.05, 0) is 6.42 Å². The van der Waals surface area contributed by atoms with E-state index in [4.69, 9.17) is 0 Å². The SMILES string of the molecule is CCCNNNC=O. The summed E-state index contributed by atoms with van der Waals surface area (Å²) < 4.78 is 0. The van der Waals surface area contributed by atoms with Crippen molar-refractivity contribution >= 4 is 6.41 Å². The van der Waals surface area contributed by atoms with Crippen LogP contribution in [-0.4, -0.2) is 13.0 Å². The van der Waals surface area contributed by atoms with E-state index in [1.54, 1.807) is 0 Å². The van der Waals surface area contributed by atoms with Crippen LogP contribution in [-0.2, 0) is 4.79 Å². The van der Waals surface area contributed by atoms with Gasteiger partial charge in [-0.2, -0.15) is 5.53 Å². The van der Waals surface area contributed by atoms with Gasteiger partial charge in [-0.1, -0.05) is 6.92 Å². The van der Waals surface area contributed by atoms with E-state index in [0.717, 1.165) is 13.0 Å². The van der Waals surface area contributed by atoms with Gasteiger partial charge in [0.2, 0.25) is 6.41 Å². The Morgan fingerprint density at radius 2 is 2.38 bits per heavy atom. The molecule has 4 nitrogen and oxygen atoms in total. The summed E-state index contributed by atoms with van der Waals surface area (Å²) in [6.45, 7) is 2.89. The van der Waals surface area contributed by atoms with Gasteiger partial charge in [0.05, 0.1) is 0 Å². The van der Waals surface area contributed by atoms with Crippen molar-refractivity contribution in [2.24, 2.45) is 0 Å². The largest absolute Gasteiger partial charge is 0.281 e. The zero-order chi connectivity index (χ0) is 6.24. The highest BCUT2D eigenvalue weighted by Crippen LogP contribution is 1.62. The average molecular weight is 117 g/mol. The topological polar surface area (TPSA) is 53.2 Å². The van der Waals surface area contributed by atoms with E-state index in [1.165, 1.54) is 0 Å². The van der Waals surface area contributed by atoms with Gasteiger partial charge >= 0.3 is 0 Å². The molecule has 0 fully saturated rings. The van der Waals surface area contributed by atoms with Crippen LogP contribution in [0.15, 0.2) is 0 Å². The van der Waals surface area contributed by atoms with E-state index < -0.39 is 0 Å². The molecule has 0 aliphatic heterocycles. The number of carbonyl (C=O) groups excluding carboxylic acids is 1. The fourth-order valence-corrected chi connectivity index (χ4v) is 0.268. The maximum absolute atomic E-state index is 9.55. The van der Waals surface area contributed by atoms with Crippen molar-refractivity contribution in [1.82, 2.24) is 16.4 Å². The van der Waals surface area contributed by atoms with Crippen LogP contribution in [0.25, 0.3) is 0 Å². The molecule has 4 heteroatoms. The smallest absolute Gasteiger partial charge is 0.222 e. The summed E-state index contributed by atoms with van der Waals surface area (Å²) in [6, 6.07) is 0. The normalized spacial score (nSPS) is 8.62. The van der Waals surface area contributed by atoms with E-state index in [1.807, 2.05) is 6.92 Å². The Morgan fingerprint density at radius 1 is 1.62 bits per heavy atom. The Balaban J connectivity index is 2.62. The second-order valence-corrected chi connectivity index (χ2v) is 1.31. The van der Waals surface area contributed by atoms with Gasteiger partial charge in [0.1, 0.15) is 0 Å². The Hall–Kier alpha value is -0.610. The lowest BCUT2D eigenvalue weighted by Crippen LogP contribution is -2.42. The van der Waals surface area contributed by atoms with Crippen LogP contribution in [0.2, 0.25) is 0 Å². The monoisotopic (exact) mass is 117 g/mol. The molecule has 1 amide bonds. The fraction of sp³-hybridized carbons (Fsp3) is 0.750. The second-order valence-electron chi connectivity index (χ2n) is 1.31. The Labute approximate surface area is 48.6 Å². The first-order valence-corrected chi connectivity index (χ1v) is 2.59. The minimum atomic E-state index is 0.572. The van der Waals surface area contributed by atoms with Gasteiger partial charge in [-0.25, -0.2) is 5.43 Å². The standard InChI is InChI=1S/C4H11N3O/c1-2-3-5-7-6-4-8/h4-5,7H,2-3H2,1H3,(H,6,8). The zero-order valence-corrected chi connectivity index (χ0v) is 4.90. The number of hydrogen-bond donors (Lipinski definition) is 3. The molecule has 8 heavy (non-hydrogen) atoms. The zero-order valence-electron chi connectivity index (χ0n) is 4.90. The molecule has 0 heterocycles. The summed E-state index contributed by atoms with van der Waals surface area (Å²) in [5.41, 5.74) is 7.45. The number of hydrazine groups is 2. The lowest BCUT2D eigenvalue weighted by atomic mass is 10.5. The van der Waals surface area contributed by atoms with Crippen molar-refractivity contribution in [1.29, 1.82) is 0 Å². The summed E-state index contributed by atoms with van der Waals surface area (Å²) in [5.74, 6) is 0. The van der Waals surface area contributed by atoms with Crippen LogP contribution in [0.1, 0.15) is 13.3 Å². The third-order valence-electron chi connectivity index (χ3n) is 0.594. The molecule has 0 aromatic carbocycles. The molecule has 0 aromatic heterocycles. The number of amides is 1. The van der Waals surface area contributed by atoms with Crippen LogP contribution in [0.5, 0.6) is 0 Å². The van der Waals surface area contributed by atoms with Gasteiger partial charge < -0.3 is 0 Å². The summed E-state index contributed by atoms with van der Waals surface area (Å²) in [5, 5.41) is 0. The molecule has 0 saturated carbocycles. The lowest BCUT2D eigenvalue weighted by Gasteiger charge is -2.00. The van der Waals surface area contributed by atoms with Crippen LogP contribution < -0.4 is 16.4 Å². The summed E-state index contributed by atoms with van der Waals surface area (Å²) in [7, 11) is 0. The minimum absolute atomic E-state index is 0.572. The van der Waals surface area contributed by atoms with Crippen molar-refractivity contribution < 1.29 is 4.79 Å². The van der Waals surface area contributed by atoms with Gasteiger partial charge in [0, 0.05) is 6.54 Å². The highest BCUT2D eigenvalue weighted by molar-refractivity contribution is 5.44. The average Bonchev–Trinajstić information content (AvgIpc) is 1.81. The van der Waals surface area contributed by atoms with Crippen LogP contribution in [0.4, 0.5) is 0 Å². The molecule has 0 aliphatic rings. The number of rotatable bonds is 5. The Kier molecular flexibility index (Phi) is 5.90. The first-order valence-electron chi connectivity index (χ1n) is 2.59. The van der Waals surface area contributed by atoms with Crippen molar-refractivity contribution in [2.45, 2.75) is 13.3 Å². The number of nitrogens with one attached hydrogen (secondary N) is 3. The summed E-state index contributed by atoms with van der Waals surface area (Å²) >= 11 is 0. The first-order chi connectivity index (χ1) is 3.91. The number of hydrogen-bond acceptors (Lipinski definition) is 3. The Morgan fingerprint density at radius 3 is 2.88 bits per heavy atom. The van der Waals surface area contributed by atoms with E-state index in [9.17, 15) is 4.79 Å². The highest BCUT2D eigenvalue weighted by Gasteiger charge is 1.75. The quantitative estimate of drug-likeness (QED) is 0.250.